The third-order valence-corrected chi connectivity index (χ3v) is 3.54. The number of halogens is 2. The van der Waals surface area contributed by atoms with Crippen molar-refractivity contribution >= 4 is 17.3 Å². The highest BCUT2D eigenvalue weighted by Gasteiger charge is 2.26. The topological polar surface area (TPSA) is 72.2 Å². The van der Waals surface area contributed by atoms with Crippen molar-refractivity contribution in [2.75, 3.05) is 5.32 Å². The van der Waals surface area contributed by atoms with Gasteiger partial charge in [-0.15, -0.1) is 0 Å². The van der Waals surface area contributed by atoms with Gasteiger partial charge in [0.2, 0.25) is 11.7 Å². The summed E-state index contributed by atoms with van der Waals surface area (Å²) in [5.74, 6) is -1.97. The normalized spacial score (nSPS) is 11.8. The Balaban J connectivity index is 2.14. The Morgan fingerprint density at radius 1 is 1.14 bits per heavy atom. The van der Waals surface area contributed by atoms with Crippen LogP contribution in [0.5, 0.6) is 0 Å². The number of rotatable bonds is 2. The highest BCUT2D eigenvalue weighted by Crippen LogP contribution is 2.41. The SMILES string of the molecule is CC(=O)Nc1cc2c(cc1F)-c1cc([N+](=O)[O-])c(F)cc1C2. The lowest BCUT2D eigenvalue weighted by Gasteiger charge is -2.07. The molecule has 0 atom stereocenters. The van der Waals surface area contributed by atoms with Gasteiger partial charge in [0.05, 0.1) is 10.6 Å². The predicted octanol–water partition coefficient (Wildman–Crippen LogP) is 3.40. The molecule has 5 nitrogen and oxygen atoms in total. The Bertz CT molecular complexity index is 834. The standard InChI is InChI=1S/C15H10F2N2O3/c1-7(20)18-14-4-9-2-8-3-13(17)15(19(21)22)6-11(8)10(9)5-12(14)16/h3-6H,2H2,1H3,(H,18,20). The van der Waals surface area contributed by atoms with Gasteiger partial charge in [0.15, 0.2) is 0 Å². The van der Waals surface area contributed by atoms with Crippen LogP contribution in [0.3, 0.4) is 0 Å². The Hall–Kier alpha value is -2.83. The van der Waals surface area contributed by atoms with Gasteiger partial charge in [-0.2, -0.15) is 4.39 Å². The fourth-order valence-electron chi connectivity index (χ4n) is 2.65. The number of hydrogen-bond donors (Lipinski definition) is 1. The number of nitrogens with zero attached hydrogens (tertiary/aromatic N) is 1. The zero-order valence-corrected chi connectivity index (χ0v) is 11.4. The Kier molecular flexibility index (Phi) is 3.13. The number of carbonyl (C=O) groups is 1. The molecule has 0 saturated heterocycles. The first-order valence-electron chi connectivity index (χ1n) is 6.44. The summed E-state index contributed by atoms with van der Waals surface area (Å²) in [6.45, 7) is 1.26. The van der Waals surface area contributed by atoms with E-state index in [9.17, 15) is 23.7 Å². The minimum atomic E-state index is -0.917. The van der Waals surface area contributed by atoms with E-state index in [1.165, 1.54) is 19.1 Å². The maximum Gasteiger partial charge on any atom is 0.305 e. The fraction of sp³-hybridized carbons (Fsp3) is 0.133. The summed E-state index contributed by atoms with van der Waals surface area (Å²) in [6.07, 6.45) is 0.326. The number of carbonyl (C=O) groups excluding carboxylic acids is 1. The molecule has 0 aliphatic heterocycles. The van der Waals surface area contributed by atoms with E-state index in [2.05, 4.69) is 5.32 Å². The van der Waals surface area contributed by atoms with Crippen LogP contribution in [0.2, 0.25) is 0 Å². The summed E-state index contributed by atoms with van der Waals surface area (Å²) in [7, 11) is 0. The summed E-state index contributed by atoms with van der Waals surface area (Å²) < 4.78 is 27.7. The molecule has 7 heteroatoms. The number of nitro benzene ring substituents is 1. The lowest BCUT2D eigenvalue weighted by atomic mass is 10.0. The van der Waals surface area contributed by atoms with Gasteiger partial charge < -0.3 is 5.32 Å². The molecule has 1 amide bonds. The molecular formula is C15H10F2N2O3. The summed E-state index contributed by atoms with van der Waals surface area (Å²) in [5.41, 5.74) is 1.55. The number of fused-ring (bicyclic) bond motifs is 3. The molecule has 0 bridgehead atoms. The number of amides is 1. The predicted molar refractivity (Wildman–Crippen MR) is 75.6 cm³/mol. The largest absolute Gasteiger partial charge is 0.324 e. The summed E-state index contributed by atoms with van der Waals surface area (Å²) in [5, 5.41) is 13.2. The van der Waals surface area contributed by atoms with Crippen molar-refractivity contribution in [3.05, 3.63) is 57.1 Å². The highest BCUT2D eigenvalue weighted by atomic mass is 19.1. The van der Waals surface area contributed by atoms with Crippen molar-refractivity contribution in [1.82, 2.24) is 0 Å². The second-order valence-electron chi connectivity index (χ2n) is 5.07. The van der Waals surface area contributed by atoms with Crippen LogP contribution < -0.4 is 5.32 Å². The summed E-state index contributed by atoms with van der Waals surface area (Å²) in [6, 6.07) is 4.89. The van der Waals surface area contributed by atoms with Gasteiger partial charge in [0.1, 0.15) is 5.82 Å². The van der Waals surface area contributed by atoms with Gasteiger partial charge in [-0.1, -0.05) is 0 Å². The van der Waals surface area contributed by atoms with Crippen LogP contribution in [0.25, 0.3) is 11.1 Å². The van der Waals surface area contributed by atoms with Crippen molar-refractivity contribution in [1.29, 1.82) is 0 Å². The van der Waals surface area contributed by atoms with Gasteiger partial charge in [-0.3, -0.25) is 14.9 Å². The number of anilines is 1. The van der Waals surface area contributed by atoms with E-state index < -0.39 is 28.2 Å². The molecule has 0 heterocycles. The zero-order chi connectivity index (χ0) is 16.0. The van der Waals surface area contributed by atoms with E-state index in [-0.39, 0.29) is 5.69 Å². The van der Waals surface area contributed by atoms with E-state index in [4.69, 9.17) is 0 Å². The van der Waals surface area contributed by atoms with Crippen LogP contribution in [-0.2, 0) is 11.2 Å². The zero-order valence-electron chi connectivity index (χ0n) is 11.4. The first kappa shape index (κ1) is 14.1. The van der Waals surface area contributed by atoms with Crippen molar-refractivity contribution in [3.63, 3.8) is 0 Å². The van der Waals surface area contributed by atoms with E-state index in [1.54, 1.807) is 0 Å². The molecule has 1 aliphatic carbocycles. The van der Waals surface area contributed by atoms with E-state index in [0.29, 0.717) is 28.7 Å². The maximum atomic E-state index is 14.0. The van der Waals surface area contributed by atoms with Crippen molar-refractivity contribution in [2.45, 2.75) is 13.3 Å². The third-order valence-electron chi connectivity index (χ3n) is 3.54. The molecule has 0 saturated carbocycles. The van der Waals surface area contributed by atoms with Crippen LogP contribution in [0.1, 0.15) is 18.1 Å². The van der Waals surface area contributed by atoms with E-state index >= 15 is 0 Å². The number of nitrogens with one attached hydrogen (secondary N) is 1. The molecule has 0 aromatic heterocycles. The molecule has 2 aromatic carbocycles. The molecule has 2 aromatic rings. The first-order chi connectivity index (χ1) is 10.4. The maximum absolute atomic E-state index is 14.0. The molecule has 1 N–H and O–H groups in total. The molecule has 0 fully saturated rings. The Labute approximate surface area is 123 Å². The second kappa shape index (κ2) is 4.87. The lowest BCUT2D eigenvalue weighted by Crippen LogP contribution is -2.07. The van der Waals surface area contributed by atoms with Crippen LogP contribution in [-0.4, -0.2) is 10.8 Å². The summed E-state index contributed by atoms with van der Waals surface area (Å²) in [4.78, 5) is 21.1. The lowest BCUT2D eigenvalue weighted by molar-refractivity contribution is -0.387. The summed E-state index contributed by atoms with van der Waals surface area (Å²) >= 11 is 0. The molecule has 112 valence electrons. The van der Waals surface area contributed by atoms with Gasteiger partial charge in [-0.05, 0) is 46.9 Å². The third kappa shape index (κ3) is 2.20. The van der Waals surface area contributed by atoms with E-state index in [1.807, 2.05) is 0 Å². The molecule has 0 unspecified atom stereocenters. The Morgan fingerprint density at radius 3 is 2.41 bits per heavy atom. The first-order valence-corrected chi connectivity index (χ1v) is 6.44. The van der Waals surface area contributed by atoms with Crippen molar-refractivity contribution < 1.29 is 18.5 Å². The van der Waals surface area contributed by atoms with Crippen molar-refractivity contribution in [2.24, 2.45) is 0 Å². The molecular weight excluding hydrogens is 294 g/mol. The molecule has 3 rings (SSSR count). The minimum absolute atomic E-state index is 0.0361. The number of hydrogen-bond acceptors (Lipinski definition) is 3. The molecule has 0 radical (unpaired) electrons. The van der Waals surface area contributed by atoms with Crippen LogP contribution in [0, 0.1) is 21.7 Å². The van der Waals surface area contributed by atoms with Gasteiger partial charge in [0.25, 0.3) is 0 Å². The Morgan fingerprint density at radius 2 is 1.77 bits per heavy atom. The van der Waals surface area contributed by atoms with Crippen LogP contribution in [0.4, 0.5) is 20.2 Å². The van der Waals surface area contributed by atoms with E-state index in [0.717, 1.165) is 12.1 Å². The van der Waals surface area contributed by atoms with Gasteiger partial charge in [0, 0.05) is 13.0 Å². The number of nitro groups is 1. The average Bonchev–Trinajstić information content (AvgIpc) is 2.73. The van der Waals surface area contributed by atoms with Crippen molar-refractivity contribution in [3.8, 4) is 11.1 Å². The monoisotopic (exact) mass is 304 g/mol. The number of benzene rings is 2. The highest BCUT2D eigenvalue weighted by molar-refractivity contribution is 5.90. The smallest absolute Gasteiger partial charge is 0.305 e. The minimum Gasteiger partial charge on any atom is -0.324 e. The second-order valence-corrected chi connectivity index (χ2v) is 5.07. The fourth-order valence-corrected chi connectivity index (χ4v) is 2.65. The van der Waals surface area contributed by atoms with Gasteiger partial charge >= 0.3 is 5.69 Å². The van der Waals surface area contributed by atoms with Crippen LogP contribution >= 0.6 is 0 Å². The average molecular weight is 304 g/mol. The van der Waals surface area contributed by atoms with Gasteiger partial charge in [-0.25, -0.2) is 4.39 Å². The molecule has 0 spiro atoms. The molecule has 22 heavy (non-hydrogen) atoms. The molecule has 1 aliphatic rings. The van der Waals surface area contributed by atoms with Crippen LogP contribution in [0.15, 0.2) is 24.3 Å². The quantitative estimate of drug-likeness (QED) is 0.582.